The summed E-state index contributed by atoms with van der Waals surface area (Å²) in [4.78, 5) is 25.3. The van der Waals surface area contributed by atoms with Crippen molar-refractivity contribution in [1.29, 1.82) is 0 Å². The van der Waals surface area contributed by atoms with Gasteiger partial charge in [-0.15, -0.1) is 0 Å². The van der Waals surface area contributed by atoms with E-state index in [0.717, 1.165) is 83.5 Å². The molecule has 0 aromatic heterocycles. The van der Waals surface area contributed by atoms with Gasteiger partial charge in [0.2, 0.25) is 0 Å². The molecular formula is C55H90O5. The van der Waals surface area contributed by atoms with Crippen molar-refractivity contribution in [2.45, 2.75) is 207 Å². The van der Waals surface area contributed by atoms with E-state index in [9.17, 15) is 9.59 Å². The Hall–Kier alpha value is -3.44. The third-order valence-corrected chi connectivity index (χ3v) is 9.84. The van der Waals surface area contributed by atoms with Crippen LogP contribution in [0.25, 0.3) is 0 Å². The molecule has 0 aliphatic heterocycles. The van der Waals surface area contributed by atoms with E-state index in [1.54, 1.807) is 0 Å². The van der Waals surface area contributed by atoms with Crippen LogP contribution in [0, 0.1) is 0 Å². The number of rotatable bonds is 43. The Morgan fingerprint density at radius 3 is 1.17 bits per heavy atom. The van der Waals surface area contributed by atoms with Crippen LogP contribution in [-0.4, -0.2) is 37.9 Å². The summed E-state index contributed by atoms with van der Waals surface area (Å²) in [6.07, 6.45) is 68.4. The standard InChI is InChI=1S/C55H90O5/c1-4-7-10-13-16-19-22-25-27-29-32-35-38-41-44-47-50-58-51-53(60-55(57)49-46-43-40-37-34-30-24-21-18-15-12-9-6-3)52-59-54(56)48-45-42-39-36-33-31-28-26-23-20-17-14-11-8-5-2/h7,9-10,12,16,18-19,21,25,27,30,32,34-35,40-41,43-44,53H,4-6,8,11,13-15,17,20,22-24,26,28-29,31,33,36-39,42,45-52H2,1-3H3/b10-7-,12-9-,19-16-,21-18-,27-25-,34-30-,35-32-,43-40-,44-41-. The van der Waals surface area contributed by atoms with E-state index in [2.05, 4.69) is 124 Å². The highest BCUT2D eigenvalue weighted by Gasteiger charge is 2.17. The minimum atomic E-state index is -0.617. The number of hydrogen-bond donors (Lipinski definition) is 0. The Morgan fingerprint density at radius 1 is 0.383 bits per heavy atom. The number of allylic oxidation sites excluding steroid dienone is 17. The Balaban J connectivity index is 4.47. The lowest BCUT2D eigenvalue weighted by Gasteiger charge is -2.18. The van der Waals surface area contributed by atoms with E-state index in [-0.39, 0.29) is 31.6 Å². The second kappa shape index (κ2) is 49.9. The number of hydrogen-bond acceptors (Lipinski definition) is 5. The molecule has 0 saturated carbocycles. The number of esters is 2. The summed E-state index contributed by atoms with van der Waals surface area (Å²) in [5.74, 6) is -0.535. The zero-order valence-corrected chi connectivity index (χ0v) is 38.9. The number of carbonyl (C=O) groups is 2. The van der Waals surface area contributed by atoms with Gasteiger partial charge in [-0.05, 0) is 77.0 Å². The van der Waals surface area contributed by atoms with Crippen LogP contribution in [0.3, 0.4) is 0 Å². The Morgan fingerprint density at radius 2 is 0.750 bits per heavy atom. The third kappa shape index (κ3) is 47.2. The highest BCUT2D eigenvalue weighted by Crippen LogP contribution is 2.14. The number of unbranched alkanes of at least 4 members (excludes halogenated alkanes) is 14. The van der Waals surface area contributed by atoms with Crippen LogP contribution in [0.2, 0.25) is 0 Å². The van der Waals surface area contributed by atoms with Crippen LogP contribution >= 0.6 is 0 Å². The van der Waals surface area contributed by atoms with Gasteiger partial charge in [0.1, 0.15) is 6.61 Å². The average molecular weight is 831 g/mol. The zero-order chi connectivity index (χ0) is 43.5. The molecule has 0 aliphatic carbocycles. The van der Waals surface area contributed by atoms with Crippen LogP contribution in [0.1, 0.15) is 201 Å². The van der Waals surface area contributed by atoms with E-state index in [0.29, 0.717) is 19.4 Å². The quantitative estimate of drug-likeness (QED) is 0.0348. The molecule has 340 valence electrons. The maximum Gasteiger partial charge on any atom is 0.306 e. The third-order valence-electron chi connectivity index (χ3n) is 9.84. The zero-order valence-electron chi connectivity index (χ0n) is 38.9. The van der Waals surface area contributed by atoms with Gasteiger partial charge in [-0.25, -0.2) is 0 Å². The second-order valence-corrected chi connectivity index (χ2v) is 15.6. The van der Waals surface area contributed by atoms with Crippen LogP contribution < -0.4 is 0 Å². The Bertz CT molecular complexity index is 1210. The molecule has 60 heavy (non-hydrogen) atoms. The first-order chi connectivity index (χ1) is 29.6. The lowest BCUT2D eigenvalue weighted by Crippen LogP contribution is -2.30. The lowest BCUT2D eigenvalue weighted by atomic mass is 10.0. The maximum absolute atomic E-state index is 12.7. The summed E-state index contributed by atoms with van der Waals surface area (Å²) in [5, 5.41) is 0. The highest BCUT2D eigenvalue weighted by molar-refractivity contribution is 5.70. The minimum absolute atomic E-state index is 0.0228. The molecule has 0 rings (SSSR count). The van der Waals surface area contributed by atoms with Crippen molar-refractivity contribution < 1.29 is 23.8 Å². The number of ether oxygens (including phenoxy) is 3. The van der Waals surface area contributed by atoms with Gasteiger partial charge >= 0.3 is 11.9 Å². The molecular weight excluding hydrogens is 741 g/mol. The lowest BCUT2D eigenvalue weighted by molar-refractivity contribution is -0.162. The van der Waals surface area contributed by atoms with Gasteiger partial charge in [0.05, 0.1) is 13.2 Å². The topological polar surface area (TPSA) is 61.8 Å². The van der Waals surface area contributed by atoms with Gasteiger partial charge in [0.25, 0.3) is 0 Å². The first kappa shape index (κ1) is 56.6. The summed E-state index contributed by atoms with van der Waals surface area (Å²) in [6, 6.07) is 0. The number of carbonyl (C=O) groups excluding carboxylic acids is 2. The molecule has 0 amide bonds. The molecule has 0 N–H and O–H groups in total. The second-order valence-electron chi connectivity index (χ2n) is 15.6. The normalized spacial score (nSPS) is 13.2. The van der Waals surface area contributed by atoms with E-state index in [1.165, 1.54) is 77.0 Å². The fourth-order valence-electron chi connectivity index (χ4n) is 6.29. The predicted molar refractivity (Wildman–Crippen MR) is 260 cm³/mol. The molecule has 0 heterocycles. The Labute approximate surface area is 370 Å². The summed E-state index contributed by atoms with van der Waals surface area (Å²) in [5.41, 5.74) is 0. The van der Waals surface area contributed by atoms with Crippen molar-refractivity contribution in [3.05, 3.63) is 109 Å². The SMILES string of the molecule is CC/C=C\C/C=C\C/C=C\C/C=C\C/C=C\CCOCC(COC(=O)CCCCCCCCCCCCCCCCC)OC(=O)CC/C=C\C/C=C\C/C=C\C/C=C\CC. The molecule has 1 atom stereocenters. The van der Waals surface area contributed by atoms with Gasteiger partial charge in [0.15, 0.2) is 6.10 Å². The highest BCUT2D eigenvalue weighted by atomic mass is 16.6. The molecule has 0 fully saturated rings. The summed E-state index contributed by atoms with van der Waals surface area (Å²) in [6.45, 7) is 7.30. The predicted octanol–water partition coefficient (Wildman–Crippen LogP) is 16.4. The fraction of sp³-hybridized carbons (Fsp3) is 0.636. The molecule has 0 aromatic rings. The Kier molecular flexibility index (Phi) is 47.1. The van der Waals surface area contributed by atoms with E-state index >= 15 is 0 Å². The van der Waals surface area contributed by atoms with Crippen molar-refractivity contribution in [2.75, 3.05) is 19.8 Å². The first-order valence-electron chi connectivity index (χ1n) is 24.4. The molecule has 0 aromatic carbocycles. The van der Waals surface area contributed by atoms with E-state index in [1.807, 2.05) is 6.08 Å². The summed E-state index contributed by atoms with van der Waals surface area (Å²) < 4.78 is 17.2. The van der Waals surface area contributed by atoms with Gasteiger partial charge in [-0.1, -0.05) is 220 Å². The molecule has 0 spiro atoms. The van der Waals surface area contributed by atoms with Crippen molar-refractivity contribution in [3.8, 4) is 0 Å². The molecule has 5 nitrogen and oxygen atoms in total. The largest absolute Gasteiger partial charge is 0.462 e. The van der Waals surface area contributed by atoms with Crippen LogP contribution in [0.15, 0.2) is 109 Å². The average Bonchev–Trinajstić information content (AvgIpc) is 3.25. The van der Waals surface area contributed by atoms with Crippen molar-refractivity contribution in [3.63, 3.8) is 0 Å². The van der Waals surface area contributed by atoms with E-state index < -0.39 is 6.10 Å². The van der Waals surface area contributed by atoms with Crippen molar-refractivity contribution in [1.82, 2.24) is 0 Å². The van der Waals surface area contributed by atoms with Gasteiger partial charge in [0, 0.05) is 12.8 Å². The first-order valence-corrected chi connectivity index (χ1v) is 24.4. The van der Waals surface area contributed by atoms with Gasteiger partial charge in [-0.2, -0.15) is 0 Å². The van der Waals surface area contributed by atoms with Gasteiger partial charge < -0.3 is 14.2 Å². The molecule has 1 unspecified atom stereocenters. The van der Waals surface area contributed by atoms with Crippen LogP contribution in [-0.2, 0) is 23.8 Å². The smallest absolute Gasteiger partial charge is 0.306 e. The monoisotopic (exact) mass is 831 g/mol. The molecule has 0 saturated heterocycles. The minimum Gasteiger partial charge on any atom is -0.462 e. The van der Waals surface area contributed by atoms with E-state index in [4.69, 9.17) is 14.2 Å². The summed E-state index contributed by atoms with van der Waals surface area (Å²) >= 11 is 0. The fourth-order valence-corrected chi connectivity index (χ4v) is 6.29. The van der Waals surface area contributed by atoms with Crippen molar-refractivity contribution >= 4 is 11.9 Å². The maximum atomic E-state index is 12.7. The van der Waals surface area contributed by atoms with Crippen LogP contribution in [0.4, 0.5) is 0 Å². The molecule has 0 aliphatic rings. The van der Waals surface area contributed by atoms with Gasteiger partial charge in [-0.3, -0.25) is 9.59 Å². The molecule has 0 radical (unpaired) electrons. The summed E-state index contributed by atoms with van der Waals surface area (Å²) in [7, 11) is 0. The van der Waals surface area contributed by atoms with Crippen molar-refractivity contribution in [2.24, 2.45) is 0 Å². The van der Waals surface area contributed by atoms with Crippen LogP contribution in [0.5, 0.6) is 0 Å². The molecule has 0 bridgehead atoms. The molecule has 5 heteroatoms.